The topological polar surface area (TPSA) is 96.9 Å². The molecule has 2 aliphatic rings. The molecule has 35 heavy (non-hydrogen) atoms. The van der Waals surface area contributed by atoms with Crippen molar-refractivity contribution in [2.75, 3.05) is 44.3 Å². The monoisotopic (exact) mass is 488 g/mol. The first-order chi connectivity index (χ1) is 16.8. The summed E-state index contributed by atoms with van der Waals surface area (Å²) >= 11 is 0. The average molecular weight is 489 g/mol. The predicted octanol–water partition coefficient (Wildman–Crippen LogP) is 2.76. The fourth-order valence-electron chi connectivity index (χ4n) is 4.13. The molecule has 1 atom stereocenters. The van der Waals surface area contributed by atoms with E-state index in [0.717, 1.165) is 12.4 Å². The highest BCUT2D eigenvalue weighted by molar-refractivity contribution is 6.26. The number of rotatable bonds is 4. The predicted molar refractivity (Wildman–Crippen MR) is 126 cm³/mol. The summed E-state index contributed by atoms with van der Waals surface area (Å²) in [6.07, 6.45) is -2.10. The second kappa shape index (κ2) is 10.4. The summed E-state index contributed by atoms with van der Waals surface area (Å²) in [4.78, 5) is 29.4. The highest BCUT2D eigenvalue weighted by Gasteiger charge is 2.34. The lowest BCUT2D eigenvalue weighted by Crippen LogP contribution is -2.43. The van der Waals surface area contributed by atoms with E-state index in [2.05, 4.69) is 15.0 Å². The van der Waals surface area contributed by atoms with Crippen molar-refractivity contribution in [3.63, 3.8) is 0 Å². The summed E-state index contributed by atoms with van der Waals surface area (Å²) in [5.74, 6) is 0.0903. The lowest BCUT2D eigenvalue weighted by atomic mass is 10.00. The van der Waals surface area contributed by atoms with E-state index in [1.807, 2.05) is 42.2 Å². The lowest BCUT2D eigenvalue weighted by molar-refractivity contribution is -0.141. The molecule has 186 valence electrons. The molecule has 1 fully saturated rings. The van der Waals surface area contributed by atoms with Gasteiger partial charge >= 0.3 is 6.18 Å². The van der Waals surface area contributed by atoms with E-state index in [9.17, 15) is 18.0 Å². The molecular weight excluding hydrogens is 461 g/mol. The van der Waals surface area contributed by atoms with E-state index in [1.165, 1.54) is 0 Å². The minimum Gasteiger partial charge on any atom is -0.398 e. The Morgan fingerprint density at radius 3 is 2.51 bits per heavy atom. The van der Waals surface area contributed by atoms with Crippen LogP contribution < -0.4 is 10.6 Å². The third-order valence-electron chi connectivity index (χ3n) is 6.11. The zero-order valence-electron chi connectivity index (χ0n) is 19.3. The molecule has 0 aliphatic carbocycles. The van der Waals surface area contributed by atoms with Crippen LogP contribution in [-0.2, 0) is 15.7 Å². The molecule has 2 N–H and O–H groups in total. The summed E-state index contributed by atoms with van der Waals surface area (Å²) < 4.78 is 44.1. The zero-order valence-corrected chi connectivity index (χ0v) is 19.3. The number of hydrogen-bond donors (Lipinski definition) is 1. The first kappa shape index (κ1) is 24.6. The van der Waals surface area contributed by atoms with Crippen LogP contribution in [-0.4, -0.2) is 71.9 Å². The summed E-state index contributed by atoms with van der Waals surface area (Å²) in [5, 5.41) is 0. The molecule has 2 aromatic rings. The number of ether oxygens (including phenoxy) is 1. The van der Waals surface area contributed by atoms with Gasteiger partial charge in [0.15, 0.2) is 5.69 Å². The van der Waals surface area contributed by atoms with Crippen molar-refractivity contribution in [2.24, 2.45) is 10.7 Å². The standard InChI is InChI=1S/C24H27F3N6O2/c1-16-7-9-32(20-14-30-19(13-31-20)24(25,26)27)10-11-33(16)23(34)21(18-15-35-12-8-29-18)22(28)17-5-3-2-4-6-17/h2-6,13-14,16H,7-12,15,28H2,1H3/b22-21+. The Morgan fingerprint density at radius 1 is 1.11 bits per heavy atom. The van der Waals surface area contributed by atoms with Crippen molar-refractivity contribution in [3.05, 3.63) is 59.6 Å². The Bertz CT molecular complexity index is 1100. The number of carbonyl (C=O) groups is 1. The summed E-state index contributed by atoms with van der Waals surface area (Å²) in [6, 6.07) is 9.10. The van der Waals surface area contributed by atoms with Crippen LogP contribution >= 0.6 is 0 Å². The number of hydrogen-bond acceptors (Lipinski definition) is 7. The average Bonchev–Trinajstić information content (AvgIpc) is 3.06. The van der Waals surface area contributed by atoms with Crippen LogP contribution in [0, 0.1) is 0 Å². The Balaban J connectivity index is 1.59. The molecule has 1 saturated heterocycles. The van der Waals surface area contributed by atoms with Gasteiger partial charge in [0.25, 0.3) is 5.91 Å². The Labute approximate surface area is 201 Å². The molecule has 1 unspecified atom stereocenters. The van der Waals surface area contributed by atoms with Gasteiger partial charge in [-0.05, 0) is 18.9 Å². The maximum atomic E-state index is 13.9. The SMILES string of the molecule is CC1CCN(c2cnc(C(F)(F)F)cn2)CCN1C(=O)/C(C1=NCCOC1)=C(/N)c1ccccc1. The number of anilines is 1. The van der Waals surface area contributed by atoms with Gasteiger partial charge in [0.05, 0.1) is 49.1 Å². The van der Waals surface area contributed by atoms with Gasteiger partial charge in [-0.3, -0.25) is 9.79 Å². The summed E-state index contributed by atoms with van der Waals surface area (Å²) in [6.45, 7) is 4.31. The van der Waals surface area contributed by atoms with Crippen molar-refractivity contribution >= 4 is 23.1 Å². The molecule has 0 spiro atoms. The van der Waals surface area contributed by atoms with Crippen LogP contribution in [0.5, 0.6) is 0 Å². The molecule has 2 aliphatic heterocycles. The molecule has 0 saturated carbocycles. The minimum absolute atomic E-state index is 0.140. The van der Waals surface area contributed by atoms with Crippen LogP contribution in [0.15, 0.2) is 53.3 Å². The third kappa shape index (κ3) is 5.61. The van der Waals surface area contributed by atoms with Crippen molar-refractivity contribution < 1.29 is 22.7 Å². The zero-order chi connectivity index (χ0) is 25.0. The summed E-state index contributed by atoms with van der Waals surface area (Å²) in [5.41, 5.74) is 7.36. The second-order valence-electron chi connectivity index (χ2n) is 8.42. The number of benzene rings is 1. The third-order valence-corrected chi connectivity index (χ3v) is 6.11. The first-order valence-electron chi connectivity index (χ1n) is 11.4. The van der Waals surface area contributed by atoms with Crippen LogP contribution in [0.3, 0.4) is 0 Å². The molecular formula is C24H27F3N6O2. The Hall–Kier alpha value is -3.47. The smallest absolute Gasteiger partial charge is 0.398 e. The maximum absolute atomic E-state index is 13.9. The Kier molecular flexibility index (Phi) is 7.34. The highest BCUT2D eigenvalue weighted by atomic mass is 19.4. The molecule has 0 bridgehead atoms. The van der Waals surface area contributed by atoms with Crippen LogP contribution in [0.25, 0.3) is 5.70 Å². The largest absolute Gasteiger partial charge is 0.434 e. The van der Waals surface area contributed by atoms with Crippen molar-refractivity contribution in [3.8, 4) is 0 Å². The van der Waals surface area contributed by atoms with Crippen LogP contribution in [0.1, 0.15) is 24.6 Å². The first-order valence-corrected chi connectivity index (χ1v) is 11.4. The number of nitrogens with two attached hydrogens (primary N) is 1. The van der Waals surface area contributed by atoms with Gasteiger partial charge in [-0.1, -0.05) is 30.3 Å². The van der Waals surface area contributed by atoms with E-state index in [4.69, 9.17) is 10.5 Å². The van der Waals surface area contributed by atoms with Gasteiger partial charge in [0.2, 0.25) is 0 Å². The van der Waals surface area contributed by atoms with E-state index in [1.54, 1.807) is 4.90 Å². The molecule has 1 amide bonds. The fourth-order valence-corrected chi connectivity index (χ4v) is 4.13. The number of halogens is 3. The van der Waals surface area contributed by atoms with E-state index in [-0.39, 0.29) is 18.6 Å². The molecule has 0 radical (unpaired) electrons. The lowest BCUT2D eigenvalue weighted by Gasteiger charge is -2.29. The van der Waals surface area contributed by atoms with Gasteiger partial charge in [-0.2, -0.15) is 13.2 Å². The fraction of sp³-hybridized carbons (Fsp3) is 0.417. The van der Waals surface area contributed by atoms with E-state index < -0.39 is 11.9 Å². The second-order valence-corrected chi connectivity index (χ2v) is 8.42. The molecule has 4 rings (SSSR count). The Morgan fingerprint density at radius 2 is 1.89 bits per heavy atom. The van der Waals surface area contributed by atoms with Crippen molar-refractivity contribution in [2.45, 2.75) is 25.6 Å². The molecule has 1 aromatic heterocycles. The van der Waals surface area contributed by atoms with E-state index >= 15 is 0 Å². The normalized spacial score (nSPS) is 20.1. The minimum atomic E-state index is -4.55. The number of alkyl halides is 3. The molecule has 8 nitrogen and oxygen atoms in total. The van der Waals surface area contributed by atoms with Crippen molar-refractivity contribution in [1.29, 1.82) is 0 Å². The van der Waals surface area contributed by atoms with Gasteiger partial charge in [0.1, 0.15) is 5.82 Å². The molecule has 1 aromatic carbocycles. The number of aromatic nitrogens is 2. The van der Waals surface area contributed by atoms with Crippen LogP contribution in [0.2, 0.25) is 0 Å². The summed E-state index contributed by atoms with van der Waals surface area (Å²) in [7, 11) is 0. The number of nitrogens with zero attached hydrogens (tertiary/aromatic N) is 5. The maximum Gasteiger partial charge on any atom is 0.434 e. The number of aliphatic imine (C=N–C) groups is 1. The van der Waals surface area contributed by atoms with Gasteiger partial charge in [-0.25, -0.2) is 9.97 Å². The highest BCUT2D eigenvalue weighted by Crippen LogP contribution is 2.28. The van der Waals surface area contributed by atoms with Crippen LogP contribution in [0.4, 0.5) is 19.0 Å². The van der Waals surface area contributed by atoms with Gasteiger partial charge in [0, 0.05) is 25.7 Å². The van der Waals surface area contributed by atoms with Gasteiger partial charge < -0.3 is 20.3 Å². The number of carbonyl (C=O) groups excluding carboxylic acids is 1. The van der Waals surface area contributed by atoms with Gasteiger partial charge in [-0.15, -0.1) is 0 Å². The molecule has 11 heteroatoms. The quantitative estimate of drug-likeness (QED) is 0.665. The van der Waals surface area contributed by atoms with Crippen molar-refractivity contribution in [1.82, 2.24) is 14.9 Å². The number of amides is 1. The van der Waals surface area contributed by atoms with E-state index in [0.29, 0.717) is 67.6 Å². The molecule has 3 heterocycles.